The van der Waals surface area contributed by atoms with Crippen LogP contribution in [0, 0.1) is 5.82 Å². The minimum atomic E-state index is -0.566. The number of fused-ring (bicyclic) bond motifs is 1. The van der Waals surface area contributed by atoms with Gasteiger partial charge in [0, 0.05) is 38.9 Å². The number of hydrogen-bond acceptors (Lipinski definition) is 9. The number of hydrogen-bond donors (Lipinski definition) is 2. The summed E-state index contributed by atoms with van der Waals surface area (Å²) in [6.07, 6.45) is 5.81. The number of nitrogens with one attached hydrogen (secondary N) is 2. The van der Waals surface area contributed by atoms with Crippen LogP contribution in [0.5, 0.6) is 5.75 Å². The Balaban J connectivity index is 1.49. The molecular formula is C26H28ClFN8O3S. The lowest BCUT2D eigenvalue weighted by atomic mass is 10.0. The van der Waals surface area contributed by atoms with Crippen LogP contribution in [-0.2, 0) is 14.1 Å². The van der Waals surface area contributed by atoms with Crippen molar-refractivity contribution in [3.63, 3.8) is 0 Å². The van der Waals surface area contributed by atoms with Crippen LogP contribution in [-0.4, -0.2) is 55.7 Å². The minimum absolute atomic E-state index is 0.0932. The molecule has 210 valence electrons. The van der Waals surface area contributed by atoms with Gasteiger partial charge in [0.05, 0.1) is 41.6 Å². The molecule has 0 aliphatic carbocycles. The Kier molecular flexibility index (Phi) is 7.86. The quantitative estimate of drug-likeness (QED) is 0.235. The molecule has 5 rings (SSSR count). The van der Waals surface area contributed by atoms with Gasteiger partial charge in [0.15, 0.2) is 11.4 Å². The topological polar surface area (TPSA) is 119 Å². The molecule has 1 aromatic carbocycles. The van der Waals surface area contributed by atoms with E-state index in [1.807, 2.05) is 11.9 Å². The molecule has 0 spiro atoms. The van der Waals surface area contributed by atoms with E-state index in [4.69, 9.17) is 21.3 Å². The summed E-state index contributed by atoms with van der Waals surface area (Å²) in [7, 11) is 3.45. The summed E-state index contributed by atoms with van der Waals surface area (Å²) in [6.45, 7) is 2.95. The summed E-state index contributed by atoms with van der Waals surface area (Å²) in [5.74, 6) is 0.140. The zero-order valence-corrected chi connectivity index (χ0v) is 23.9. The molecule has 1 aliphatic rings. The SMILES string of the molecule is CSNC(=O)c1nc(Cl)ccc1NC(C)c1cc(F)cc2c(=O)n(C)c(N3CCC(Oc4cnn(C)c4)C3)nc12. The molecule has 1 fully saturated rings. The first-order valence-electron chi connectivity index (χ1n) is 12.5. The smallest absolute Gasteiger partial charge is 0.281 e. The third-order valence-corrected chi connectivity index (χ3v) is 7.27. The van der Waals surface area contributed by atoms with E-state index in [9.17, 15) is 14.0 Å². The molecule has 0 bridgehead atoms. The number of aromatic nitrogens is 5. The van der Waals surface area contributed by atoms with Crippen molar-refractivity contribution in [3.8, 4) is 5.75 Å². The highest BCUT2D eigenvalue weighted by molar-refractivity contribution is 7.97. The number of nitrogens with zero attached hydrogens (tertiary/aromatic N) is 6. The van der Waals surface area contributed by atoms with Crippen LogP contribution in [0.4, 0.5) is 16.0 Å². The highest BCUT2D eigenvalue weighted by atomic mass is 35.5. The number of amides is 1. The average Bonchev–Trinajstić information content (AvgIpc) is 3.55. The fourth-order valence-electron chi connectivity index (χ4n) is 4.80. The van der Waals surface area contributed by atoms with Crippen molar-refractivity contribution in [2.24, 2.45) is 14.1 Å². The van der Waals surface area contributed by atoms with Gasteiger partial charge in [-0.05, 0) is 31.2 Å². The summed E-state index contributed by atoms with van der Waals surface area (Å²) in [4.78, 5) is 37.0. The fourth-order valence-corrected chi connectivity index (χ4v) is 5.23. The average molecular weight is 587 g/mol. The first-order valence-corrected chi connectivity index (χ1v) is 14.1. The minimum Gasteiger partial charge on any atom is -0.485 e. The van der Waals surface area contributed by atoms with Gasteiger partial charge in [0.25, 0.3) is 11.5 Å². The van der Waals surface area contributed by atoms with Crippen LogP contribution in [0.1, 0.15) is 35.4 Å². The third-order valence-electron chi connectivity index (χ3n) is 6.67. The molecule has 2 unspecified atom stereocenters. The third kappa shape index (κ3) is 5.56. The highest BCUT2D eigenvalue weighted by Gasteiger charge is 2.28. The van der Waals surface area contributed by atoms with Gasteiger partial charge in [-0.25, -0.2) is 14.4 Å². The van der Waals surface area contributed by atoms with Crippen LogP contribution in [0.25, 0.3) is 10.9 Å². The Morgan fingerprint density at radius 3 is 2.80 bits per heavy atom. The lowest BCUT2D eigenvalue weighted by Crippen LogP contribution is -2.32. The summed E-state index contributed by atoms with van der Waals surface area (Å²) < 4.78 is 26.6. The second kappa shape index (κ2) is 11.3. The molecule has 14 heteroatoms. The molecule has 0 radical (unpaired) electrons. The van der Waals surface area contributed by atoms with Gasteiger partial charge in [-0.2, -0.15) is 5.10 Å². The Morgan fingerprint density at radius 2 is 2.08 bits per heavy atom. The molecule has 0 saturated carbocycles. The predicted octanol–water partition coefficient (Wildman–Crippen LogP) is 3.69. The van der Waals surface area contributed by atoms with E-state index in [1.165, 1.54) is 16.7 Å². The van der Waals surface area contributed by atoms with E-state index in [0.717, 1.165) is 18.4 Å². The maximum Gasteiger partial charge on any atom is 0.281 e. The molecule has 2 atom stereocenters. The van der Waals surface area contributed by atoms with Crippen LogP contribution < -0.4 is 25.2 Å². The number of carbonyl (C=O) groups excluding carboxylic acids is 1. The summed E-state index contributed by atoms with van der Waals surface area (Å²) >= 11 is 7.17. The number of ether oxygens (including phenoxy) is 1. The van der Waals surface area contributed by atoms with Gasteiger partial charge in [-0.1, -0.05) is 23.5 Å². The van der Waals surface area contributed by atoms with Crippen molar-refractivity contribution < 1.29 is 13.9 Å². The number of aryl methyl sites for hydroxylation is 1. The zero-order chi connectivity index (χ0) is 28.6. The van der Waals surface area contributed by atoms with Gasteiger partial charge in [-0.15, -0.1) is 0 Å². The monoisotopic (exact) mass is 586 g/mol. The molecule has 2 N–H and O–H groups in total. The van der Waals surface area contributed by atoms with Crippen LogP contribution >= 0.6 is 23.5 Å². The molecule has 3 aromatic heterocycles. The molecule has 1 aliphatic heterocycles. The second-order valence-electron chi connectivity index (χ2n) is 9.52. The van der Waals surface area contributed by atoms with Gasteiger partial charge >= 0.3 is 0 Å². The number of anilines is 2. The van der Waals surface area contributed by atoms with Gasteiger partial charge in [0.2, 0.25) is 5.95 Å². The maximum atomic E-state index is 14.8. The van der Waals surface area contributed by atoms with Gasteiger partial charge in [0.1, 0.15) is 17.1 Å². The molecular weight excluding hydrogens is 559 g/mol. The number of pyridine rings is 1. The van der Waals surface area contributed by atoms with Crippen molar-refractivity contribution in [3.05, 3.63) is 69.2 Å². The van der Waals surface area contributed by atoms with Crippen molar-refractivity contribution in [2.75, 3.05) is 29.6 Å². The maximum absolute atomic E-state index is 14.8. The summed E-state index contributed by atoms with van der Waals surface area (Å²) in [5.41, 5.74) is 0.962. The Labute approximate surface area is 238 Å². The van der Waals surface area contributed by atoms with Crippen molar-refractivity contribution in [2.45, 2.75) is 25.5 Å². The molecule has 4 aromatic rings. The van der Waals surface area contributed by atoms with E-state index >= 15 is 0 Å². The predicted molar refractivity (Wildman–Crippen MR) is 154 cm³/mol. The van der Waals surface area contributed by atoms with Crippen LogP contribution in [0.3, 0.4) is 0 Å². The largest absolute Gasteiger partial charge is 0.485 e. The van der Waals surface area contributed by atoms with E-state index in [0.29, 0.717) is 41.6 Å². The molecule has 11 nitrogen and oxygen atoms in total. The molecule has 4 heterocycles. The van der Waals surface area contributed by atoms with Crippen LogP contribution in [0.15, 0.2) is 41.5 Å². The second-order valence-corrected chi connectivity index (χ2v) is 10.5. The van der Waals surface area contributed by atoms with Crippen molar-refractivity contribution in [1.82, 2.24) is 29.0 Å². The van der Waals surface area contributed by atoms with Crippen molar-refractivity contribution in [1.29, 1.82) is 0 Å². The standard InChI is InChI=1S/C26H28ClFN8O3S/c1-14(30-20-5-6-21(27)31-23(20)24(37)33-40-4)18-9-15(28)10-19-22(18)32-26(35(3)25(19)38)36-8-7-16(13-36)39-17-11-29-34(2)12-17/h5-6,9-12,14,16,30H,7-8,13H2,1-4H3,(H,33,37). The number of carbonyl (C=O) groups is 1. The molecule has 1 saturated heterocycles. The van der Waals surface area contributed by atoms with E-state index in [-0.39, 0.29) is 27.9 Å². The Bertz CT molecular complexity index is 1640. The first-order chi connectivity index (χ1) is 19.1. The number of halogens is 2. The summed E-state index contributed by atoms with van der Waals surface area (Å²) in [5, 5.41) is 7.68. The normalized spacial score (nSPS) is 15.8. The van der Waals surface area contributed by atoms with Crippen LogP contribution in [0.2, 0.25) is 5.15 Å². The lowest BCUT2D eigenvalue weighted by Gasteiger charge is -2.23. The summed E-state index contributed by atoms with van der Waals surface area (Å²) in [6, 6.07) is 5.19. The van der Waals surface area contributed by atoms with Crippen molar-refractivity contribution >= 4 is 52.0 Å². The number of benzene rings is 1. The Morgan fingerprint density at radius 1 is 1.27 bits per heavy atom. The zero-order valence-electron chi connectivity index (χ0n) is 22.3. The van der Waals surface area contributed by atoms with E-state index < -0.39 is 17.8 Å². The molecule has 1 amide bonds. The van der Waals surface area contributed by atoms with Gasteiger partial charge < -0.3 is 15.0 Å². The molecule has 40 heavy (non-hydrogen) atoms. The Hall–Kier alpha value is -3.84. The van der Waals surface area contributed by atoms with E-state index in [1.54, 1.807) is 49.4 Å². The first kappa shape index (κ1) is 27.7. The van der Waals surface area contributed by atoms with Gasteiger partial charge in [-0.3, -0.25) is 23.6 Å². The fraction of sp³-hybridized carbons (Fsp3) is 0.346. The van der Waals surface area contributed by atoms with E-state index in [2.05, 4.69) is 20.1 Å². The number of rotatable bonds is 8. The highest BCUT2D eigenvalue weighted by Crippen LogP contribution is 2.30. The lowest BCUT2D eigenvalue weighted by molar-refractivity contribution is 0.0980.